The predicted octanol–water partition coefficient (Wildman–Crippen LogP) is 2.27. The van der Waals surface area contributed by atoms with Crippen LogP contribution in [0.15, 0.2) is 35.5 Å². The molecule has 58 valence electrons. The summed E-state index contributed by atoms with van der Waals surface area (Å²) in [7, 11) is 0. The largest absolute Gasteiger partial charge is 0.411 e. The summed E-state index contributed by atoms with van der Waals surface area (Å²) in [6, 6.07) is 9.65. The summed E-state index contributed by atoms with van der Waals surface area (Å²) < 4.78 is 0. The lowest BCUT2D eigenvalue weighted by molar-refractivity contribution is 0.318. The Morgan fingerprint density at radius 1 is 1.36 bits per heavy atom. The molecule has 0 aliphatic heterocycles. The maximum Gasteiger partial charge on any atom is 0.0865 e. The molecule has 2 nitrogen and oxygen atoms in total. The third-order valence-corrected chi connectivity index (χ3v) is 1.56. The van der Waals surface area contributed by atoms with Gasteiger partial charge in [0.15, 0.2) is 0 Å². The van der Waals surface area contributed by atoms with Gasteiger partial charge in [0.05, 0.1) is 5.71 Å². The van der Waals surface area contributed by atoms with E-state index in [1.54, 1.807) is 0 Å². The summed E-state index contributed by atoms with van der Waals surface area (Å²) in [5.74, 6) is 0. The molecular weight excluding hydrogens is 138 g/mol. The highest BCUT2D eigenvalue weighted by Crippen LogP contribution is 2.02. The molecule has 0 spiro atoms. The molecule has 11 heavy (non-hydrogen) atoms. The Morgan fingerprint density at radius 2 is 2.00 bits per heavy atom. The maximum atomic E-state index is 8.57. The van der Waals surface area contributed by atoms with Crippen molar-refractivity contribution < 1.29 is 5.21 Å². The van der Waals surface area contributed by atoms with Crippen molar-refractivity contribution >= 4 is 5.71 Å². The second-order valence-corrected chi connectivity index (χ2v) is 2.27. The van der Waals surface area contributed by atoms with E-state index >= 15 is 0 Å². The van der Waals surface area contributed by atoms with Gasteiger partial charge in [0, 0.05) is 0 Å². The van der Waals surface area contributed by atoms with Crippen LogP contribution in [0.2, 0.25) is 0 Å². The van der Waals surface area contributed by atoms with Crippen LogP contribution in [0.4, 0.5) is 0 Å². The molecule has 0 aliphatic rings. The Bertz CT molecular complexity index is 241. The molecule has 1 N–H and O–H groups in total. The summed E-state index contributed by atoms with van der Waals surface area (Å²) in [6.45, 7) is 1.96. The SMILES string of the molecule is CCC(=NO)c1ccccc1. The van der Waals surface area contributed by atoms with E-state index < -0.39 is 0 Å². The van der Waals surface area contributed by atoms with Crippen molar-refractivity contribution in [2.24, 2.45) is 5.16 Å². The monoisotopic (exact) mass is 149 g/mol. The maximum absolute atomic E-state index is 8.57. The fourth-order valence-corrected chi connectivity index (χ4v) is 0.963. The second kappa shape index (κ2) is 3.76. The molecule has 0 unspecified atom stereocenters. The average molecular weight is 149 g/mol. The van der Waals surface area contributed by atoms with Gasteiger partial charge in [0.2, 0.25) is 0 Å². The average Bonchev–Trinajstić information content (AvgIpc) is 2.09. The van der Waals surface area contributed by atoms with Crippen molar-refractivity contribution in [2.45, 2.75) is 13.3 Å². The number of rotatable bonds is 2. The molecule has 1 rings (SSSR count). The standard InChI is InChI=1S/C9H11NO/c1-2-9(10-11)8-6-4-3-5-7-8/h3-7,11H,2H2,1H3. The first kappa shape index (κ1) is 7.79. The summed E-state index contributed by atoms with van der Waals surface area (Å²) in [6.07, 6.45) is 0.751. The lowest BCUT2D eigenvalue weighted by Gasteiger charge is -1.98. The summed E-state index contributed by atoms with van der Waals surface area (Å²) in [5.41, 5.74) is 1.71. The highest BCUT2D eigenvalue weighted by Gasteiger charge is 1.98. The molecule has 0 aromatic heterocycles. The molecule has 1 aromatic rings. The zero-order valence-corrected chi connectivity index (χ0v) is 6.49. The van der Waals surface area contributed by atoms with E-state index in [9.17, 15) is 0 Å². The van der Waals surface area contributed by atoms with Crippen molar-refractivity contribution in [3.05, 3.63) is 35.9 Å². The molecule has 0 saturated carbocycles. The van der Waals surface area contributed by atoms with Crippen molar-refractivity contribution in [1.82, 2.24) is 0 Å². The first-order valence-electron chi connectivity index (χ1n) is 3.64. The van der Waals surface area contributed by atoms with Gasteiger partial charge in [-0.1, -0.05) is 42.4 Å². The Kier molecular flexibility index (Phi) is 2.66. The van der Waals surface area contributed by atoms with Crippen LogP contribution in [-0.4, -0.2) is 10.9 Å². The number of hydrogen-bond donors (Lipinski definition) is 1. The van der Waals surface area contributed by atoms with E-state index in [0.29, 0.717) is 0 Å². The van der Waals surface area contributed by atoms with Gasteiger partial charge in [-0.2, -0.15) is 0 Å². The van der Waals surface area contributed by atoms with E-state index in [0.717, 1.165) is 17.7 Å². The van der Waals surface area contributed by atoms with Crippen molar-refractivity contribution in [2.75, 3.05) is 0 Å². The normalized spacial score (nSPS) is 11.5. The molecule has 0 fully saturated rings. The van der Waals surface area contributed by atoms with Crippen LogP contribution >= 0.6 is 0 Å². The first-order valence-corrected chi connectivity index (χ1v) is 3.64. The van der Waals surface area contributed by atoms with Gasteiger partial charge < -0.3 is 5.21 Å². The van der Waals surface area contributed by atoms with Crippen LogP contribution in [0.1, 0.15) is 18.9 Å². The Labute approximate surface area is 66.2 Å². The number of hydrogen-bond acceptors (Lipinski definition) is 2. The van der Waals surface area contributed by atoms with Crippen LogP contribution in [0.25, 0.3) is 0 Å². The fourth-order valence-electron chi connectivity index (χ4n) is 0.963. The van der Waals surface area contributed by atoms with Gasteiger partial charge in [0.1, 0.15) is 0 Å². The Hall–Kier alpha value is -1.31. The molecule has 2 heteroatoms. The van der Waals surface area contributed by atoms with E-state index in [1.165, 1.54) is 0 Å². The molecule has 0 aliphatic carbocycles. The second-order valence-electron chi connectivity index (χ2n) is 2.27. The third-order valence-electron chi connectivity index (χ3n) is 1.56. The van der Waals surface area contributed by atoms with Crippen molar-refractivity contribution in [3.8, 4) is 0 Å². The molecular formula is C9H11NO. The highest BCUT2D eigenvalue weighted by atomic mass is 16.4. The van der Waals surface area contributed by atoms with Gasteiger partial charge in [-0.25, -0.2) is 0 Å². The van der Waals surface area contributed by atoms with Crippen molar-refractivity contribution in [1.29, 1.82) is 0 Å². The minimum Gasteiger partial charge on any atom is -0.411 e. The zero-order chi connectivity index (χ0) is 8.10. The van der Waals surface area contributed by atoms with Crippen LogP contribution < -0.4 is 0 Å². The van der Waals surface area contributed by atoms with Crippen LogP contribution in [0.5, 0.6) is 0 Å². The van der Waals surface area contributed by atoms with E-state index in [2.05, 4.69) is 5.16 Å². The molecule has 0 bridgehead atoms. The number of oxime groups is 1. The predicted molar refractivity (Wildman–Crippen MR) is 45.1 cm³/mol. The van der Waals surface area contributed by atoms with E-state index in [4.69, 9.17) is 5.21 Å². The first-order chi connectivity index (χ1) is 5.38. The summed E-state index contributed by atoms with van der Waals surface area (Å²) in [5, 5.41) is 11.8. The van der Waals surface area contributed by atoms with Gasteiger partial charge in [-0.15, -0.1) is 0 Å². The highest BCUT2D eigenvalue weighted by molar-refractivity contribution is 5.99. The smallest absolute Gasteiger partial charge is 0.0865 e. The van der Waals surface area contributed by atoms with Gasteiger partial charge >= 0.3 is 0 Å². The molecule has 0 radical (unpaired) electrons. The van der Waals surface area contributed by atoms with Crippen molar-refractivity contribution in [3.63, 3.8) is 0 Å². The van der Waals surface area contributed by atoms with Crippen LogP contribution in [-0.2, 0) is 0 Å². The fraction of sp³-hybridized carbons (Fsp3) is 0.222. The summed E-state index contributed by atoms with van der Waals surface area (Å²) in [4.78, 5) is 0. The summed E-state index contributed by atoms with van der Waals surface area (Å²) >= 11 is 0. The Balaban J connectivity index is 2.92. The van der Waals surface area contributed by atoms with E-state index in [-0.39, 0.29) is 0 Å². The molecule has 0 amide bonds. The third kappa shape index (κ3) is 1.80. The van der Waals surface area contributed by atoms with Gasteiger partial charge in [-0.3, -0.25) is 0 Å². The minimum atomic E-state index is 0.727. The number of nitrogens with zero attached hydrogens (tertiary/aromatic N) is 1. The number of benzene rings is 1. The molecule has 1 aromatic carbocycles. The topological polar surface area (TPSA) is 32.6 Å². The van der Waals surface area contributed by atoms with Crippen LogP contribution in [0, 0.1) is 0 Å². The zero-order valence-electron chi connectivity index (χ0n) is 6.49. The van der Waals surface area contributed by atoms with Gasteiger partial charge in [-0.05, 0) is 12.0 Å². The lowest BCUT2D eigenvalue weighted by Crippen LogP contribution is -1.97. The quantitative estimate of drug-likeness (QED) is 0.390. The molecule has 0 atom stereocenters. The minimum absolute atomic E-state index is 0.727. The molecule has 0 saturated heterocycles. The van der Waals surface area contributed by atoms with Crippen LogP contribution in [0.3, 0.4) is 0 Å². The lowest BCUT2D eigenvalue weighted by atomic mass is 10.1. The molecule has 0 heterocycles. The van der Waals surface area contributed by atoms with E-state index in [1.807, 2.05) is 37.3 Å². The van der Waals surface area contributed by atoms with Gasteiger partial charge in [0.25, 0.3) is 0 Å². The Morgan fingerprint density at radius 3 is 2.45 bits per heavy atom.